The summed E-state index contributed by atoms with van der Waals surface area (Å²) in [6.07, 6.45) is 4.16. The average Bonchev–Trinajstić information content (AvgIpc) is 2.99. The van der Waals surface area contributed by atoms with E-state index in [4.69, 9.17) is 9.40 Å². The second-order valence-electron chi connectivity index (χ2n) is 10.3. The van der Waals surface area contributed by atoms with Crippen LogP contribution in [-0.4, -0.2) is 4.98 Å². The van der Waals surface area contributed by atoms with Gasteiger partial charge in [0, 0.05) is 28.6 Å². The van der Waals surface area contributed by atoms with E-state index >= 15 is 0 Å². The van der Waals surface area contributed by atoms with E-state index in [1.807, 2.05) is 0 Å². The predicted octanol–water partition coefficient (Wildman–Crippen LogP) is 6.57. The van der Waals surface area contributed by atoms with E-state index in [1.54, 1.807) is 0 Å². The number of fused-ring (bicyclic) bond motifs is 3. The Morgan fingerprint density at radius 2 is 1.77 bits per heavy atom. The Hall–Kier alpha value is -2.68. The summed E-state index contributed by atoms with van der Waals surface area (Å²) in [6.45, 7) is 13.4. The van der Waals surface area contributed by atoms with Crippen LogP contribution in [0.1, 0.15) is 51.4 Å². The van der Waals surface area contributed by atoms with Crippen molar-refractivity contribution < 1.29 is 8.98 Å². The number of furan rings is 1. The van der Waals surface area contributed by atoms with Crippen molar-refractivity contribution in [2.45, 2.75) is 54.4 Å². The summed E-state index contributed by atoms with van der Waals surface area (Å²) < 4.78 is 8.62. The number of pyridine rings is 2. The minimum atomic E-state index is 0.193. The third-order valence-electron chi connectivity index (χ3n) is 5.60. The zero-order valence-corrected chi connectivity index (χ0v) is 19.3. The summed E-state index contributed by atoms with van der Waals surface area (Å²) in [6, 6.07) is 13.2. The molecule has 4 rings (SSSR count). The van der Waals surface area contributed by atoms with E-state index in [1.165, 1.54) is 16.8 Å². The van der Waals surface area contributed by atoms with Crippen LogP contribution < -0.4 is 4.57 Å². The number of aromatic nitrogens is 2. The van der Waals surface area contributed by atoms with Crippen molar-refractivity contribution in [1.82, 2.24) is 4.98 Å². The molecule has 0 spiro atoms. The van der Waals surface area contributed by atoms with Gasteiger partial charge in [-0.1, -0.05) is 46.8 Å². The first-order valence-electron chi connectivity index (χ1n) is 10.9. The van der Waals surface area contributed by atoms with Gasteiger partial charge in [0.25, 0.3) is 0 Å². The molecule has 4 aromatic rings. The van der Waals surface area contributed by atoms with Crippen LogP contribution in [0.25, 0.3) is 33.3 Å². The fourth-order valence-electron chi connectivity index (χ4n) is 4.28. The number of nitrogens with zero attached hydrogens (tertiary/aromatic N) is 2. The van der Waals surface area contributed by atoms with Crippen LogP contribution in [0.15, 0.2) is 47.0 Å². The molecular weight excluding hydrogens is 368 g/mol. The van der Waals surface area contributed by atoms with Gasteiger partial charge in [-0.3, -0.25) is 0 Å². The highest BCUT2D eigenvalue weighted by atomic mass is 16.3. The summed E-state index contributed by atoms with van der Waals surface area (Å²) in [4.78, 5) is 4.87. The molecule has 0 radical (unpaired) electrons. The molecule has 0 aliphatic heterocycles. The van der Waals surface area contributed by atoms with Gasteiger partial charge in [0.05, 0.1) is 5.56 Å². The molecule has 0 fully saturated rings. The van der Waals surface area contributed by atoms with Gasteiger partial charge in [-0.2, -0.15) is 0 Å². The van der Waals surface area contributed by atoms with E-state index in [-0.39, 0.29) is 5.41 Å². The van der Waals surface area contributed by atoms with Crippen LogP contribution in [0.4, 0.5) is 0 Å². The molecule has 3 nitrogen and oxygen atoms in total. The van der Waals surface area contributed by atoms with Crippen molar-refractivity contribution in [3.05, 3.63) is 59.4 Å². The molecule has 156 valence electrons. The topological polar surface area (TPSA) is 29.9 Å². The summed E-state index contributed by atoms with van der Waals surface area (Å²) in [5, 5.41) is 2.22. The van der Waals surface area contributed by atoms with Crippen molar-refractivity contribution in [2.75, 3.05) is 0 Å². The van der Waals surface area contributed by atoms with Crippen LogP contribution in [0.5, 0.6) is 0 Å². The number of hydrogen-bond acceptors (Lipinski definition) is 2. The number of rotatable bonds is 4. The molecule has 0 saturated heterocycles. The van der Waals surface area contributed by atoms with Crippen LogP contribution in [0.3, 0.4) is 0 Å². The SMILES string of the molecule is Cc1ccc2c(oc3nc(CC(C)(C)C)ccc32)c1-c1cc(CC(C)C)cc[n+]1C. The Morgan fingerprint density at radius 1 is 1.03 bits per heavy atom. The molecule has 0 atom stereocenters. The first-order valence-corrected chi connectivity index (χ1v) is 10.9. The van der Waals surface area contributed by atoms with Crippen LogP contribution in [0.2, 0.25) is 0 Å². The fraction of sp³-hybridized carbons (Fsp3) is 0.407. The van der Waals surface area contributed by atoms with Gasteiger partial charge < -0.3 is 4.42 Å². The van der Waals surface area contributed by atoms with Crippen molar-refractivity contribution in [3.8, 4) is 11.3 Å². The molecule has 0 unspecified atom stereocenters. The lowest BCUT2D eigenvalue weighted by atomic mass is 9.90. The fourth-order valence-corrected chi connectivity index (χ4v) is 4.28. The van der Waals surface area contributed by atoms with Gasteiger partial charge in [0.1, 0.15) is 7.05 Å². The average molecular weight is 402 g/mol. The zero-order chi connectivity index (χ0) is 21.6. The minimum Gasteiger partial charge on any atom is -0.437 e. The van der Waals surface area contributed by atoms with E-state index in [0.29, 0.717) is 5.92 Å². The zero-order valence-electron chi connectivity index (χ0n) is 19.3. The van der Waals surface area contributed by atoms with Crippen molar-refractivity contribution in [1.29, 1.82) is 0 Å². The second kappa shape index (κ2) is 7.54. The Labute approximate surface area is 179 Å². The number of aryl methyl sites for hydroxylation is 2. The van der Waals surface area contributed by atoms with Crippen molar-refractivity contribution >= 4 is 22.1 Å². The monoisotopic (exact) mass is 401 g/mol. The van der Waals surface area contributed by atoms with E-state index < -0.39 is 0 Å². The molecule has 0 aliphatic rings. The first kappa shape index (κ1) is 20.6. The van der Waals surface area contributed by atoms with Crippen LogP contribution in [-0.2, 0) is 19.9 Å². The summed E-state index contributed by atoms with van der Waals surface area (Å²) in [5.74, 6) is 0.624. The highest BCUT2D eigenvalue weighted by molar-refractivity contribution is 6.08. The van der Waals surface area contributed by atoms with Gasteiger partial charge in [-0.25, -0.2) is 9.55 Å². The summed E-state index contributed by atoms with van der Waals surface area (Å²) in [7, 11) is 2.11. The molecule has 3 heterocycles. The lowest BCUT2D eigenvalue weighted by molar-refractivity contribution is -0.660. The predicted molar refractivity (Wildman–Crippen MR) is 125 cm³/mol. The molecular formula is C27H33N2O+. The number of benzene rings is 1. The van der Waals surface area contributed by atoms with E-state index in [9.17, 15) is 0 Å². The van der Waals surface area contributed by atoms with Gasteiger partial charge in [0.15, 0.2) is 11.8 Å². The molecule has 1 aromatic carbocycles. The summed E-state index contributed by atoms with van der Waals surface area (Å²) >= 11 is 0. The lowest BCUT2D eigenvalue weighted by Gasteiger charge is -2.16. The van der Waals surface area contributed by atoms with E-state index in [2.05, 4.69) is 95.8 Å². The van der Waals surface area contributed by atoms with Crippen LogP contribution in [0, 0.1) is 18.3 Å². The minimum absolute atomic E-state index is 0.193. The lowest BCUT2D eigenvalue weighted by Crippen LogP contribution is -2.31. The van der Waals surface area contributed by atoms with Gasteiger partial charge in [0.2, 0.25) is 11.4 Å². The Kier molecular flexibility index (Phi) is 5.17. The number of hydrogen-bond donors (Lipinski definition) is 0. The molecule has 0 aliphatic carbocycles. The molecule has 0 amide bonds. The van der Waals surface area contributed by atoms with Gasteiger partial charge >= 0.3 is 0 Å². The van der Waals surface area contributed by atoms with Gasteiger partial charge in [-0.05, 0) is 54.4 Å². The Morgan fingerprint density at radius 3 is 2.47 bits per heavy atom. The highest BCUT2D eigenvalue weighted by Gasteiger charge is 2.22. The molecule has 3 heteroatoms. The molecule has 0 bridgehead atoms. The Balaban J connectivity index is 1.92. The Bertz CT molecular complexity index is 1230. The molecule has 3 aromatic heterocycles. The van der Waals surface area contributed by atoms with Crippen molar-refractivity contribution in [3.63, 3.8) is 0 Å². The maximum atomic E-state index is 6.43. The second-order valence-corrected chi connectivity index (χ2v) is 10.3. The molecule has 0 N–H and O–H groups in total. The standard InChI is InChI=1S/C27H33N2O/c1-17(2)14-19-12-13-29(7)23(15-19)24-18(3)8-10-21-22-11-9-20(16-27(4,5)6)28-26(22)30-25(21)24/h8-13,15,17H,14,16H2,1-7H3/q+1. The normalized spacial score (nSPS) is 12.4. The summed E-state index contributed by atoms with van der Waals surface area (Å²) in [5.41, 5.74) is 7.87. The molecule has 0 saturated carbocycles. The highest BCUT2D eigenvalue weighted by Crippen LogP contribution is 2.37. The third-order valence-corrected chi connectivity index (χ3v) is 5.60. The van der Waals surface area contributed by atoms with Crippen LogP contribution >= 0.6 is 0 Å². The van der Waals surface area contributed by atoms with Crippen molar-refractivity contribution in [2.24, 2.45) is 18.4 Å². The third kappa shape index (κ3) is 3.98. The van der Waals surface area contributed by atoms with E-state index in [0.717, 1.165) is 46.2 Å². The van der Waals surface area contributed by atoms with Gasteiger partial charge in [-0.15, -0.1) is 0 Å². The maximum Gasteiger partial charge on any atom is 0.227 e. The maximum absolute atomic E-state index is 6.43. The molecule has 30 heavy (non-hydrogen) atoms. The quantitative estimate of drug-likeness (QED) is 0.362. The smallest absolute Gasteiger partial charge is 0.227 e. The first-order chi connectivity index (χ1) is 14.1. The largest absolute Gasteiger partial charge is 0.437 e.